The van der Waals surface area contributed by atoms with Crippen LogP contribution in [0, 0.1) is 11.7 Å². The van der Waals surface area contributed by atoms with Gasteiger partial charge in [0.25, 0.3) is 0 Å². The average Bonchev–Trinajstić information content (AvgIpc) is 3.36. The van der Waals surface area contributed by atoms with E-state index in [1.165, 1.54) is 17.4 Å². The van der Waals surface area contributed by atoms with Crippen LogP contribution < -0.4 is 10.1 Å². The maximum atomic E-state index is 13.8. The number of hydrogen-bond donors (Lipinski definition) is 1. The van der Waals surface area contributed by atoms with E-state index in [2.05, 4.69) is 10.3 Å². The lowest BCUT2D eigenvalue weighted by molar-refractivity contribution is -0.122. The molecule has 0 aliphatic heterocycles. The molecule has 0 unspecified atom stereocenters. The van der Waals surface area contributed by atoms with E-state index in [1.807, 2.05) is 5.38 Å². The fraction of sp³-hybridized carbons (Fsp3) is 0.389. The Morgan fingerprint density at radius 3 is 2.88 bits per heavy atom. The first-order valence-corrected chi connectivity index (χ1v) is 9.24. The maximum absolute atomic E-state index is 13.8. The highest BCUT2D eigenvalue weighted by Gasteiger charge is 2.28. The van der Waals surface area contributed by atoms with Crippen LogP contribution in [0.4, 0.5) is 4.39 Å². The highest BCUT2D eigenvalue weighted by Crippen LogP contribution is 2.28. The molecule has 5 nitrogen and oxygen atoms in total. The maximum Gasteiger partial charge on any atom is 0.248 e. The zero-order valence-corrected chi connectivity index (χ0v) is 14.6. The molecule has 2 aromatic rings. The molecular weight excluding hydrogens is 341 g/mol. The Bertz CT molecular complexity index is 823. The third kappa shape index (κ3) is 5.09. The molecule has 1 aliphatic carbocycles. The number of carbonyl (C=O) groups is 2. The van der Waals surface area contributed by atoms with Crippen LogP contribution >= 0.6 is 11.3 Å². The normalized spacial score (nSPS) is 14.5. The molecule has 132 valence electrons. The van der Waals surface area contributed by atoms with Crippen LogP contribution in [0.15, 0.2) is 40.8 Å². The minimum atomic E-state index is -0.273. The summed E-state index contributed by atoms with van der Waals surface area (Å²) in [4.78, 5) is 28.2. The Kier molecular flexibility index (Phi) is 5.75. The Hall–Kier alpha value is -2.28. The predicted molar refractivity (Wildman–Crippen MR) is 93.3 cm³/mol. The van der Waals surface area contributed by atoms with Crippen LogP contribution in [0.3, 0.4) is 0 Å². The van der Waals surface area contributed by atoms with Crippen LogP contribution in [0.1, 0.15) is 31.2 Å². The highest BCUT2D eigenvalue weighted by atomic mass is 32.1. The summed E-state index contributed by atoms with van der Waals surface area (Å²) < 4.78 is 15.5. The molecule has 2 amide bonds. The van der Waals surface area contributed by atoms with Gasteiger partial charge in [-0.1, -0.05) is 18.2 Å². The van der Waals surface area contributed by atoms with Crippen molar-refractivity contribution in [1.29, 1.82) is 0 Å². The summed E-state index contributed by atoms with van der Waals surface area (Å²) in [5.74, 6) is -0.232. The number of thiazole rings is 1. The zero-order chi connectivity index (χ0) is 17.6. The summed E-state index contributed by atoms with van der Waals surface area (Å²) in [6.45, 7) is 0.829. The van der Waals surface area contributed by atoms with Crippen LogP contribution in [-0.4, -0.2) is 22.9 Å². The number of nitrogens with zero attached hydrogens (tertiary/aromatic N) is 2. The topological polar surface area (TPSA) is 63.5 Å². The largest absolute Gasteiger partial charge is 0.356 e. The van der Waals surface area contributed by atoms with Gasteiger partial charge >= 0.3 is 0 Å². The van der Waals surface area contributed by atoms with Gasteiger partial charge in [-0.05, 0) is 25.3 Å². The van der Waals surface area contributed by atoms with Crippen molar-refractivity contribution in [3.8, 4) is 0 Å². The Morgan fingerprint density at radius 2 is 2.12 bits per heavy atom. The van der Waals surface area contributed by atoms with Crippen molar-refractivity contribution < 1.29 is 14.0 Å². The Morgan fingerprint density at radius 1 is 1.32 bits per heavy atom. The van der Waals surface area contributed by atoms with Gasteiger partial charge in [-0.25, -0.2) is 4.39 Å². The standard InChI is InChI=1S/C18H20FN3O2S/c19-15-5-2-1-4-14(15)12-22-10-11-25-18(22)21-16(23)6-3-9-20-17(24)13-7-8-13/h1-2,4-5,10-11,13H,3,6-9,12H2,(H,20,24). The molecule has 1 aromatic carbocycles. The van der Waals surface area contributed by atoms with Crippen LogP contribution in [0.2, 0.25) is 0 Å². The van der Waals surface area contributed by atoms with Crippen LogP contribution in [0.5, 0.6) is 0 Å². The number of carbonyl (C=O) groups excluding carboxylic acids is 2. The molecule has 1 fully saturated rings. The molecule has 0 radical (unpaired) electrons. The smallest absolute Gasteiger partial charge is 0.248 e. The molecule has 7 heteroatoms. The van der Waals surface area contributed by atoms with E-state index >= 15 is 0 Å². The molecular formula is C18H20FN3O2S. The molecule has 0 atom stereocenters. The summed E-state index contributed by atoms with van der Waals surface area (Å²) in [5, 5.41) is 4.65. The summed E-state index contributed by atoms with van der Waals surface area (Å²) >= 11 is 1.34. The van der Waals surface area contributed by atoms with Gasteiger partial charge in [0.1, 0.15) is 5.82 Å². The van der Waals surface area contributed by atoms with E-state index in [1.54, 1.807) is 29.0 Å². The number of amides is 2. The molecule has 3 rings (SSSR count). The van der Waals surface area contributed by atoms with Gasteiger partial charge in [-0.15, -0.1) is 11.3 Å². The van der Waals surface area contributed by atoms with Gasteiger partial charge in [0.15, 0.2) is 4.80 Å². The average molecular weight is 361 g/mol. The van der Waals surface area contributed by atoms with E-state index in [0.717, 1.165) is 12.8 Å². The number of aromatic nitrogens is 1. The summed E-state index contributed by atoms with van der Waals surface area (Å²) in [5.41, 5.74) is 0.553. The fourth-order valence-corrected chi connectivity index (χ4v) is 3.17. The van der Waals surface area contributed by atoms with Gasteiger partial charge in [0, 0.05) is 36.0 Å². The summed E-state index contributed by atoms with van der Waals surface area (Å²) in [6, 6.07) is 6.56. The Balaban J connectivity index is 1.54. The number of benzene rings is 1. The van der Waals surface area contributed by atoms with Crippen molar-refractivity contribution in [3.63, 3.8) is 0 Å². The van der Waals surface area contributed by atoms with Gasteiger partial charge in [-0.3, -0.25) is 9.59 Å². The third-order valence-electron chi connectivity index (χ3n) is 3.99. The van der Waals surface area contributed by atoms with Crippen LogP contribution in [0.25, 0.3) is 0 Å². The van der Waals surface area contributed by atoms with Crippen molar-refractivity contribution in [2.45, 2.75) is 32.2 Å². The number of rotatable bonds is 7. The van der Waals surface area contributed by atoms with E-state index in [4.69, 9.17) is 0 Å². The number of hydrogen-bond acceptors (Lipinski definition) is 3. The van der Waals surface area contributed by atoms with Crippen LogP contribution in [-0.2, 0) is 16.1 Å². The van der Waals surface area contributed by atoms with E-state index in [9.17, 15) is 14.0 Å². The number of nitrogens with one attached hydrogen (secondary N) is 1. The Labute approximate surface area is 149 Å². The van der Waals surface area contributed by atoms with Crippen molar-refractivity contribution in [1.82, 2.24) is 9.88 Å². The van der Waals surface area contributed by atoms with Crippen molar-refractivity contribution >= 4 is 23.2 Å². The molecule has 0 saturated heterocycles. The second kappa shape index (κ2) is 8.20. The molecule has 1 heterocycles. The minimum absolute atomic E-state index is 0.0883. The van der Waals surface area contributed by atoms with Gasteiger partial charge in [0.05, 0.1) is 6.54 Å². The first-order chi connectivity index (χ1) is 12.1. The SMILES string of the molecule is O=C(CCCNC(=O)C1CC1)N=c1sccn1Cc1ccccc1F. The first-order valence-electron chi connectivity index (χ1n) is 8.36. The lowest BCUT2D eigenvalue weighted by Crippen LogP contribution is -2.26. The predicted octanol–water partition coefficient (Wildman–Crippen LogP) is 2.47. The third-order valence-corrected chi connectivity index (χ3v) is 4.79. The molecule has 0 bridgehead atoms. The van der Waals surface area contributed by atoms with Gasteiger partial charge < -0.3 is 9.88 Å². The van der Waals surface area contributed by atoms with Gasteiger partial charge in [-0.2, -0.15) is 4.99 Å². The van der Waals surface area contributed by atoms with E-state index < -0.39 is 0 Å². The lowest BCUT2D eigenvalue weighted by Gasteiger charge is -2.04. The van der Waals surface area contributed by atoms with E-state index in [-0.39, 0.29) is 30.0 Å². The molecule has 1 N–H and O–H groups in total. The molecule has 1 aromatic heterocycles. The second-order valence-electron chi connectivity index (χ2n) is 6.08. The zero-order valence-electron chi connectivity index (χ0n) is 13.8. The fourth-order valence-electron chi connectivity index (χ4n) is 2.42. The quantitative estimate of drug-likeness (QED) is 0.770. The van der Waals surface area contributed by atoms with E-state index in [0.29, 0.717) is 29.9 Å². The van der Waals surface area contributed by atoms with Crippen molar-refractivity contribution in [2.75, 3.05) is 6.54 Å². The molecule has 25 heavy (non-hydrogen) atoms. The van der Waals surface area contributed by atoms with Crippen molar-refractivity contribution in [2.24, 2.45) is 10.9 Å². The number of halogens is 1. The van der Waals surface area contributed by atoms with Gasteiger partial charge in [0.2, 0.25) is 11.8 Å². The summed E-state index contributed by atoms with van der Waals surface area (Å²) in [6.07, 6.45) is 4.59. The summed E-state index contributed by atoms with van der Waals surface area (Å²) in [7, 11) is 0. The monoisotopic (exact) mass is 361 g/mol. The minimum Gasteiger partial charge on any atom is -0.356 e. The molecule has 0 spiro atoms. The first kappa shape index (κ1) is 17.5. The molecule has 1 saturated carbocycles. The van der Waals surface area contributed by atoms with Crippen molar-refractivity contribution in [3.05, 3.63) is 52.0 Å². The lowest BCUT2D eigenvalue weighted by atomic mass is 10.2. The highest BCUT2D eigenvalue weighted by molar-refractivity contribution is 7.07. The molecule has 1 aliphatic rings. The second-order valence-corrected chi connectivity index (χ2v) is 6.95.